The molecule has 1 N–H and O–H groups in total. The lowest BCUT2D eigenvalue weighted by molar-refractivity contribution is -0.905. The number of benzene rings is 3. The van der Waals surface area contributed by atoms with Crippen molar-refractivity contribution in [2.24, 2.45) is 0 Å². The summed E-state index contributed by atoms with van der Waals surface area (Å²) in [6.07, 6.45) is 5.56. The van der Waals surface area contributed by atoms with Crippen molar-refractivity contribution in [1.82, 2.24) is 14.3 Å². The molecule has 2 aliphatic heterocycles. The number of piperazine rings is 1. The monoisotopic (exact) mass is 731 g/mol. The molecule has 0 aliphatic carbocycles. The summed E-state index contributed by atoms with van der Waals surface area (Å²) in [6.45, 7) is 8.15. The molecule has 0 amide bonds. The van der Waals surface area contributed by atoms with E-state index in [1.54, 1.807) is 41.5 Å². The van der Waals surface area contributed by atoms with E-state index in [0.717, 1.165) is 65.7 Å². The molecule has 2 aromatic heterocycles. The molecule has 51 heavy (non-hydrogen) atoms. The molecule has 13 heteroatoms. The first-order valence-corrected chi connectivity index (χ1v) is 17.9. The van der Waals surface area contributed by atoms with Crippen molar-refractivity contribution < 1.29 is 24.1 Å². The number of pyridine rings is 1. The van der Waals surface area contributed by atoms with Gasteiger partial charge in [0.15, 0.2) is 0 Å². The molecule has 1 unspecified atom stereocenters. The highest BCUT2D eigenvalue weighted by molar-refractivity contribution is 6.35. The zero-order valence-electron chi connectivity index (χ0n) is 28.6. The second-order valence-electron chi connectivity index (χ2n) is 13.0. The second-order valence-corrected chi connectivity index (χ2v) is 13.8. The Morgan fingerprint density at radius 2 is 1.65 bits per heavy atom. The van der Waals surface area contributed by atoms with Crippen LogP contribution in [0.2, 0.25) is 10.0 Å². The molecule has 4 heterocycles. The number of hydrogen-bond donors (Lipinski definition) is 1. The fourth-order valence-corrected chi connectivity index (χ4v) is 7.17. The summed E-state index contributed by atoms with van der Waals surface area (Å²) in [4.78, 5) is 17.6. The van der Waals surface area contributed by atoms with E-state index in [4.69, 9.17) is 37.4 Å². The minimum absolute atomic E-state index is 0.0606. The first-order valence-electron chi connectivity index (χ1n) is 17.2. The van der Waals surface area contributed by atoms with Gasteiger partial charge < -0.3 is 24.0 Å². The Balaban J connectivity index is 0.935. The highest BCUT2D eigenvalue weighted by Gasteiger charge is 2.45. The molecule has 2 fully saturated rings. The maximum absolute atomic E-state index is 12.8. The molecule has 266 valence electrons. The van der Waals surface area contributed by atoms with Gasteiger partial charge in [-0.3, -0.25) is 5.21 Å². The van der Waals surface area contributed by atoms with Gasteiger partial charge in [0.05, 0.1) is 23.4 Å². The van der Waals surface area contributed by atoms with Crippen LogP contribution in [0.25, 0.3) is 5.69 Å². The van der Waals surface area contributed by atoms with E-state index in [1.165, 1.54) is 4.68 Å². The zero-order valence-corrected chi connectivity index (χ0v) is 30.1. The molecule has 0 bridgehead atoms. The van der Waals surface area contributed by atoms with Crippen molar-refractivity contribution in [3.63, 3.8) is 0 Å². The van der Waals surface area contributed by atoms with Crippen LogP contribution < -0.4 is 25.0 Å². The Hall–Kier alpha value is -4.55. The summed E-state index contributed by atoms with van der Waals surface area (Å²) >= 11 is 12.8. The first-order chi connectivity index (χ1) is 24.7. The first kappa shape index (κ1) is 34.9. The van der Waals surface area contributed by atoms with Crippen molar-refractivity contribution >= 4 is 34.6 Å². The normalized spacial score (nSPS) is 19.7. The summed E-state index contributed by atoms with van der Waals surface area (Å²) in [6, 6.07) is 25.2. The fourth-order valence-electron chi connectivity index (χ4n) is 6.62. The number of aromatic nitrogens is 4. The molecule has 3 aromatic carbocycles. The van der Waals surface area contributed by atoms with E-state index in [1.807, 2.05) is 50.2 Å². The van der Waals surface area contributed by atoms with Crippen molar-refractivity contribution in [3.05, 3.63) is 129 Å². The van der Waals surface area contributed by atoms with Gasteiger partial charge in [0.2, 0.25) is 18.2 Å². The Morgan fingerprint density at radius 3 is 2.29 bits per heavy atom. The van der Waals surface area contributed by atoms with Crippen LogP contribution in [0.5, 0.6) is 5.75 Å². The lowest BCUT2D eigenvalue weighted by Gasteiger charge is -2.37. The average molecular weight is 733 g/mol. The van der Waals surface area contributed by atoms with E-state index in [-0.39, 0.29) is 24.4 Å². The number of ether oxygens (including phenoxy) is 3. The van der Waals surface area contributed by atoms with Gasteiger partial charge in [-0.2, -0.15) is 5.10 Å². The molecular formula is C38H41Cl2N6O5+. The third-order valence-corrected chi connectivity index (χ3v) is 10.1. The van der Waals surface area contributed by atoms with Gasteiger partial charge in [0.1, 0.15) is 24.8 Å². The van der Waals surface area contributed by atoms with Crippen LogP contribution in [-0.2, 0) is 21.7 Å². The van der Waals surface area contributed by atoms with Crippen LogP contribution in [0, 0.1) is 0 Å². The Kier molecular flexibility index (Phi) is 10.2. The smallest absolute Gasteiger partial charge is 0.350 e. The van der Waals surface area contributed by atoms with Gasteiger partial charge in [-0.1, -0.05) is 36.2 Å². The van der Waals surface area contributed by atoms with E-state index >= 15 is 0 Å². The Morgan fingerprint density at radius 1 is 0.980 bits per heavy atom. The van der Waals surface area contributed by atoms with Gasteiger partial charge in [-0.15, -0.1) is 0 Å². The molecule has 2 saturated heterocycles. The highest BCUT2D eigenvalue weighted by Crippen LogP contribution is 2.41. The largest absolute Gasteiger partial charge is 0.491 e. The van der Waals surface area contributed by atoms with Gasteiger partial charge in [-0.05, 0) is 80.1 Å². The Bertz CT molecular complexity index is 2010. The summed E-state index contributed by atoms with van der Waals surface area (Å²) < 4.78 is 23.2. The maximum Gasteiger partial charge on any atom is 0.350 e. The number of halogens is 2. The lowest BCUT2D eigenvalue weighted by atomic mass is 9.98. The molecule has 11 nitrogen and oxygen atoms in total. The molecule has 2 aliphatic rings. The summed E-state index contributed by atoms with van der Waals surface area (Å²) in [5, 5.41) is 15.2. The van der Waals surface area contributed by atoms with E-state index < -0.39 is 5.79 Å². The molecule has 0 spiro atoms. The van der Waals surface area contributed by atoms with Crippen LogP contribution in [0.15, 0.2) is 102 Å². The molecule has 5 aromatic rings. The molecule has 3 atom stereocenters. The van der Waals surface area contributed by atoms with E-state index in [0.29, 0.717) is 28.6 Å². The topological polar surface area (TPSA) is 98.1 Å². The van der Waals surface area contributed by atoms with E-state index in [9.17, 15) is 10.0 Å². The molecule has 0 radical (unpaired) electrons. The number of nitrogens with zero attached hydrogens (tertiary/aromatic N) is 6. The van der Waals surface area contributed by atoms with Crippen LogP contribution >= 0.6 is 23.2 Å². The number of anilines is 2. The van der Waals surface area contributed by atoms with Crippen LogP contribution in [0.4, 0.5) is 11.4 Å². The summed E-state index contributed by atoms with van der Waals surface area (Å²) in [7, 11) is 0. The molecule has 0 saturated carbocycles. The van der Waals surface area contributed by atoms with Crippen molar-refractivity contribution in [3.8, 4) is 11.4 Å². The average Bonchev–Trinajstić information content (AvgIpc) is 3.74. The van der Waals surface area contributed by atoms with Crippen LogP contribution in [0.3, 0.4) is 0 Å². The van der Waals surface area contributed by atoms with Crippen molar-refractivity contribution in [2.75, 3.05) is 49.2 Å². The third-order valence-electron chi connectivity index (χ3n) is 9.60. The second kappa shape index (κ2) is 15.0. The number of rotatable bonds is 11. The van der Waals surface area contributed by atoms with Crippen molar-refractivity contribution in [2.45, 2.75) is 44.6 Å². The SMILES string of the molecule is CCC(C)n1ncn(-c2ccc(N3CCN(c4ccc(OC[C@@H]5CO[C@@](Cc6ccc[n+](O)c6)(c6ccc(Cl)cc6Cl)O5)cc4)CC3)cc2)c1=O. The van der Waals surface area contributed by atoms with Crippen LogP contribution in [0.1, 0.15) is 37.4 Å². The number of hydrogen-bond acceptors (Lipinski definition) is 8. The predicted molar refractivity (Wildman–Crippen MR) is 196 cm³/mol. The Labute approximate surface area is 306 Å². The van der Waals surface area contributed by atoms with Gasteiger partial charge in [-0.25, -0.2) is 14.0 Å². The van der Waals surface area contributed by atoms with Gasteiger partial charge in [0, 0.05) is 70.9 Å². The predicted octanol–water partition coefficient (Wildman–Crippen LogP) is 6.05. The minimum Gasteiger partial charge on any atom is -0.491 e. The third kappa shape index (κ3) is 7.57. The lowest BCUT2D eigenvalue weighted by Crippen LogP contribution is -2.46. The molecular weight excluding hydrogens is 691 g/mol. The van der Waals surface area contributed by atoms with Crippen LogP contribution in [-0.4, -0.2) is 65.1 Å². The fraction of sp³-hybridized carbons (Fsp3) is 0.342. The van der Waals surface area contributed by atoms with E-state index in [2.05, 4.69) is 39.2 Å². The summed E-state index contributed by atoms with van der Waals surface area (Å²) in [5.41, 5.74) is 4.42. The molecule has 7 rings (SSSR count). The minimum atomic E-state index is -1.17. The van der Waals surface area contributed by atoms with Crippen molar-refractivity contribution in [1.29, 1.82) is 0 Å². The van der Waals surface area contributed by atoms with Gasteiger partial charge in [0.25, 0.3) is 0 Å². The standard InChI is InChI=1S/C38H41Cl2N6O5/c1-3-27(2)46-37(47)45(26-41-46)32-9-7-30(8-10-32)42-17-19-43(20-18-42)31-11-13-33(14-12-31)49-24-34-25-50-38(51-34,22-28-5-4-16-44(48)23-28)35-15-6-29(39)21-36(35)40/h4-16,21,23,26-27,34,48H,3,17-20,22,24-25H2,1-2H3/q+1/t27?,34-,38-/m1/s1. The summed E-state index contributed by atoms with van der Waals surface area (Å²) in [5.74, 6) is -0.434. The zero-order chi connectivity index (χ0) is 35.5. The maximum atomic E-state index is 12.8. The highest BCUT2D eigenvalue weighted by atomic mass is 35.5. The quantitative estimate of drug-likeness (QED) is 0.130. The van der Waals surface area contributed by atoms with Gasteiger partial charge >= 0.3 is 5.69 Å².